The summed E-state index contributed by atoms with van der Waals surface area (Å²) in [5.41, 5.74) is 9.97. The molecule has 3 aliphatic rings. The predicted molar refractivity (Wildman–Crippen MR) is 161 cm³/mol. The molecule has 0 fully saturated rings. The highest BCUT2D eigenvalue weighted by atomic mass is 16.3. The summed E-state index contributed by atoms with van der Waals surface area (Å²) < 4.78 is 3.91. The average Bonchev–Trinajstić information content (AvgIpc) is 3.39. The molecular weight excluding hydrogens is 514 g/mol. The van der Waals surface area contributed by atoms with Gasteiger partial charge in [0.15, 0.2) is 0 Å². The molecule has 4 aromatic rings. The minimum Gasteiger partial charge on any atom is -0.392 e. The van der Waals surface area contributed by atoms with Crippen molar-refractivity contribution in [1.29, 1.82) is 0 Å². The number of nitrogens with one attached hydrogen (secondary N) is 2. The lowest BCUT2D eigenvalue weighted by Crippen LogP contribution is -2.38. The van der Waals surface area contributed by atoms with Crippen LogP contribution in [0.1, 0.15) is 51.3 Å². The van der Waals surface area contributed by atoms with E-state index in [2.05, 4.69) is 33.4 Å². The van der Waals surface area contributed by atoms with Crippen molar-refractivity contribution in [2.24, 2.45) is 7.05 Å². The highest BCUT2D eigenvalue weighted by Gasteiger charge is 2.32. The second-order valence-corrected chi connectivity index (χ2v) is 11.4. The van der Waals surface area contributed by atoms with Crippen LogP contribution in [0.2, 0.25) is 0 Å². The van der Waals surface area contributed by atoms with Crippen molar-refractivity contribution in [2.75, 3.05) is 23.3 Å². The van der Waals surface area contributed by atoms with Gasteiger partial charge >= 0.3 is 0 Å². The molecule has 2 aromatic heterocycles. The van der Waals surface area contributed by atoms with Gasteiger partial charge in [0.1, 0.15) is 5.69 Å². The van der Waals surface area contributed by atoms with Crippen LogP contribution in [0.25, 0.3) is 11.1 Å². The van der Waals surface area contributed by atoms with Crippen molar-refractivity contribution >= 4 is 23.0 Å². The standard InChI is InChI=1S/C33H35N5O3/c1-36-19-23(16-29(33(36)41)35-24-9-8-22-18-34-12-10-21(22)15-24)26-6-4-7-30(28(26)20-39)38-14-11-31-27(32(38)40)17-25-5-2-3-13-37(25)31/h4,6-9,15-17,19,34-35,39H,2-3,5,10-14,18,20H2,1H3. The summed E-state index contributed by atoms with van der Waals surface area (Å²) >= 11 is 0. The average molecular weight is 550 g/mol. The minimum absolute atomic E-state index is 0.00886. The maximum atomic E-state index is 13.8. The summed E-state index contributed by atoms with van der Waals surface area (Å²) in [6.07, 6.45) is 6.88. The van der Waals surface area contributed by atoms with Crippen LogP contribution in [0.4, 0.5) is 17.1 Å². The summed E-state index contributed by atoms with van der Waals surface area (Å²) in [6, 6.07) is 15.9. The Morgan fingerprint density at radius 1 is 0.951 bits per heavy atom. The van der Waals surface area contributed by atoms with Crippen LogP contribution in [0.3, 0.4) is 0 Å². The van der Waals surface area contributed by atoms with Crippen LogP contribution < -0.4 is 21.1 Å². The lowest BCUT2D eigenvalue weighted by molar-refractivity contribution is 0.0979. The van der Waals surface area contributed by atoms with Crippen LogP contribution in [-0.4, -0.2) is 33.2 Å². The van der Waals surface area contributed by atoms with Crippen molar-refractivity contribution in [3.63, 3.8) is 0 Å². The number of hydrogen-bond donors (Lipinski definition) is 3. The second kappa shape index (κ2) is 10.4. The third-order valence-electron chi connectivity index (χ3n) is 8.87. The molecule has 3 N–H and O–H groups in total. The van der Waals surface area contributed by atoms with Gasteiger partial charge in [0.05, 0.1) is 17.9 Å². The first-order valence-corrected chi connectivity index (χ1v) is 14.6. The largest absolute Gasteiger partial charge is 0.392 e. The van der Waals surface area contributed by atoms with E-state index >= 15 is 0 Å². The zero-order chi connectivity index (χ0) is 28.1. The number of amides is 1. The molecule has 8 nitrogen and oxygen atoms in total. The number of hydrogen-bond acceptors (Lipinski definition) is 5. The Hall–Kier alpha value is -4.14. The second-order valence-electron chi connectivity index (χ2n) is 11.4. The number of aliphatic hydroxyl groups excluding tert-OH is 1. The molecule has 0 aliphatic carbocycles. The van der Waals surface area contributed by atoms with Gasteiger partial charge in [0.2, 0.25) is 0 Å². The molecule has 0 unspecified atom stereocenters. The topological polar surface area (TPSA) is 91.5 Å². The number of nitrogens with zero attached hydrogens (tertiary/aromatic N) is 3. The Bertz CT molecular complexity index is 1730. The summed E-state index contributed by atoms with van der Waals surface area (Å²) in [6.45, 7) is 3.14. The summed E-state index contributed by atoms with van der Waals surface area (Å²) in [4.78, 5) is 28.7. The summed E-state index contributed by atoms with van der Waals surface area (Å²) in [5, 5.41) is 17.4. The van der Waals surface area contributed by atoms with Gasteiger partial charge in [-0.15, -0.1) is 0 Å². The molecule has 210 valence electrons. The van der Waals surface area contributed by atoms with E-state index in [1.807, 2.05) is 35.2 Å². The van der Waals surface area contributed by atoms with E-state index in [1.54, 1.807) is 17.8 Å². The monoisotopic (exact) mass is 549 g/mol. The van der Waals surface area contributed by atoms with Gasteiger partial charge in [-0.2, -0.15) is 0 Å². The molecule has 3 aliphatic heterocycles. The number of carbonyl (C=O) groups excluding carboxylic acids is 1. The molecule has 5 heterocycles. The zero-order valence-corrected chi connectivity index (χ0v) is 23.4. The Morgan fingerprint density at radius 3 is 2.73 bits per heavy atom. The van der Waals surface area contributed by atoms with Crippen LogP contribution in [0.15, 0.2) is 59.5 Å². The Morgan fingerprint density at radius 2 is 1.85 bits per heavy atom. The van der Waals surface area contributed by atoms with Crippen LogP contribution in [0.5, 0.6) is 0 Å². The van der Waals surface area contributed by atoms with E-state index in [0.717, 1.165) is 85.5 Å². The molecule has 0 bridgehead atoms. The number of aliphatic hydroxyl groups is 1. The lowest BCUT2D eigenvalue weighted by Gasteiger charge is -2.30. The molecule has 41 heavy (non-hydrogen) atoms. The van der Waals surface area contributed by atoms with Crippen molar-refractivity contribution in [3.8, 4) is 11.1 Å². The van der Waals surface area contributed by atoms with E-state index in [0.29, 0.717) is 17.8 Å². The fourth-order valence-electron chi connectivity index (χ4n) is 6.78. The number of aryl methyl sites for hydroxylation is 2. The molecule has 0 radical (unpaired) electrons. The molecule has 0 atom stereocenters. The van der Waals surface area contributed by atoms with Crippen molar-refractivity contribution in [1.82, 2.24) is 14.5 Å². The first-order chi connectivity index (χ1) is 20.0. The molecule has 0 spiro atoms. The third-order valence-corrected chi connectivity index (χ3v) is 8.87. The van der Waals surface area contributed by atoms with Gasteiger partial charge in [-0.25, -0.2) is 0 Å². The van der Waals surface area contributed by atoms with E-state index in [-0.39, 0.29) is 18.1 Å². The van der Waals surface area contributed by atoms with Gasteiger partial charge < -0.3 is 29.8 Å². The molecule has 0 saturated carbocycles. The first-order valence-electron chi connectivity index (χ1n) is 14.6. The van der Waals surface area contributed by atoms with Crippen molar-refractivity contribution in [2.45, 2.75) is 51.8 Å². The number of pyridine rings is 1. The quantitative estimate of drug-likeness (QED) is 0.346. The molecule has 0 saturated heterocycles. The van der Waals surface area contributed by atoms with Gasteiger partial charge in [-0.05, 0) is 79.3 Å². The van der Waals surface area contributed by atoms with E-state index in [4.69, 9.17) is 0 Å². The normalized spacial score (nSPS) is 16.2. The Labute approximate surface area is 239 Å². The maximum Gasteiger partial charge on any atom is 0.274 e. The van der Waals surface area contributed by atoms with Crippen LogP contribution in [0, 0.1) is 0 Å². The minimum atomic E-state index is -0.223. The molecular formula is C33H35N5O3. The fraction of sp³-hybridized carbons (Fsp3) is 0.333. The number of aromatic nitrogens is 2. The number of fused-ring (bicyclic) bond motifs is 4. The van der Waals surface area contributed by atoms with Gasteiger partial charge in [0.25, 0.3) is 11.5 Å². The maximum absolute atomic E-state index is 13.8. The smallest absolute Gasteiger partial charge is 0.274 e. The Balaban J connectivity index is 1.24. The molecule has 1 amide bonds. The van der Waals surface area contributed by atoms with E-state index < -0.39 is 0 Å². The molecule has 2 aromatic carbocycles. The SMILES string of the molecule is Cn1cc(-c2cccc(N3CCc4c(cc5n4CCCC5)C3=O)c2CO)cc(Nc2ccc3c(c2)CCNC3)c1=O. The third kappa shape index (κ3) is 4.47. The highest BCUT2D eigenvalue weighted by molar-refractivity contribution is 6.09. The lowest BCUT2D eigenvalue weighted by atomic mass is 9.97. The Kier molecular flexibility index (Phi) is 6.52. The van der Waals surface area contributed by atoms with Crippen LogP contribution >= 0.6 is 0 Å². The molecule has 8 heteroatoms. The van der Waals surface area contributed by atoms with Crippen LogP contribution in [-0.2, 0) is 46.0 Å². The number of rotatable bonds is 5. The number of carbonyl (C=O) groups is 1. The van der Waals surface area contributed by atoms with Gasteiger partial charge in [-0.1, -0.05) is 18.2 Å². The van der Waals surface area contributed by atoms with Gasteiger partial charge in [0, 0.05) is 67.5 Å². The number of benzene rings is 2. The zero-order valence-electron chi connectivity index (χ0n) is 23.4. The first kappa shape index (κ1) is 25.8. The van der Waals surface area contributed by atoms with Crippen molar-refractivity contribution in [3.05, 3.63) is 98.7 Å². The van der Waals surface area contributed by atoms with Crippen molar-refractivity contribution < 1.29 is 9.90 Å². The highest BCUT2D eigenvalue weighted by Crippen LogP contribution is 2.36. The van der Waals surface area contributed by atoms with Gasteiger partial charge in [-0.3, -0.25) is 9.59 Å². The summed E-state index contributed by atoms with van der Waals surface area (Å²) in [7, 11) is 1.74. The predicted octanol–water partition coefficient (Wildman–Crippen LogP) is 4.27. The van der Waals surface area contributed by atoms with E-state index in [9.17, 15) is 14.7 Å². The fourth-order valence-corrected chi connectivity index (χ4v) is 6.78. The molecule has 7 rings (SSSR count). The number of anilines is 3. The summed E-state index contributed by atoms with van der Waals surface area (Å²) in [5.74, 6) is -0.00886. The van der Waals surface area contributed by atoms with E-state index in [1.165, 1.54) is 16.8 Å².